The van der Waals surface area contributed by atoms with Gasteiger partial charge in [0.1, 0.15) is 16.3 Å². The summed E-state index contributed by atoms with van der Waals surface area (Å²) in [6, 6.07) is 11.8. The van der Waals surface area contributed by atoms with Crippen molar-refractivity contribution >= 4 is 27.5 Å². The van der Waals surface area contributed by atoms with E-state index in [-0.39, 0.29) is 5.97 Å². The van der Waals surface area contributed by atoms with Crippen molar-refractivity contribution in [3.05, 3.63) is 53.0 Å². The monoisotopic (exact) mass is 315 g/mol. The minimum absolute atomic E-state index is 0.278. The number of aromatic nitrogens is 1. The predicted octanol–water partition coefficient (Wildman–Crippen LogP) is 3.94. The number of benzene rings is 1. The second-order valence-electron chi connectivity index (χ2n) is 4.87. The normalized spacial score (nSPS) is 10.8. The van der Waals surface area contributed by atoms with Gasteiger partial charge in [-0.25, -0.2) is 4.79 Å². The highest BCUT2D eigenvalue weighted by Gasteiger charge is 2.17. The Hall–Kier alpha value is -2.27. The van der Waals surface area contributed by atoms with Gasteiger partial charge in [0.15, 0.2) is 0 Å². The Morgan fingerprint density at radius 2 is 2.00 bits per heavy atom. The Balaban J connectivity index is 1.98. The van der Waals surface area contributed by atoms with E-state index in [0.29, 0.717) is 18.8 Å². The molecule has 0 aliphatic heterocycles. The first-order chi connectivity index (χ1) is 10.7. The highest BCUT2D eigenvalue weighted by Crippen LogP contribution is 2.27. The van der Waals surface area contributed by atoms with Crippen molar-refractivity contribution in [1.29, 1.82) is 0 Å². The van der Waals surface area contributed by atoms with Crippen LogP contribution in [0.5, 0.6) is 5.75 Å². The maximum atomic E-state index is 12.2. The summed E-state index contributed by atoms with van der Waals surface area (Å²) in [5.74, 6) is 0.544. The van der Waals surface area contributed by atoms with Crippen molar-refractivity contribution in [2.24, 2.45) is 0 Å². The van der Waals surface area contributed by atoms with Crippen molar-refractivity contribution < 1.29 is 14.3 Å². The molecule has 2 aromatic heterocycles. The fourth-order valence-corrected chi connectivity index (χ4v) is 3.32. The van der Waals surface area contributed by atoms with Crippen molar-refractivity contribution in [3.8, 4) is 5.75 Å². The summed E-state index contributed by atoms with van der Waals surface area (Å²) >= 11 is 1.63. The molecule has 0 unspecified atom stereocenters. The Morgan fingerprint density at radius 3 is 2.68 bits per heavy atom. The lowest BCUT2D eigenvalue weighted by molar-refractivity contribution is 0.0515. The quantitative estimate of drug-likeness (QED) is 0.670. The molecular weight excluding hydrogens is 298 g/mol. The van der Waals surface area contributed by atoms with Crippen LogP contribution in [0.25, 0.3) is 10.2 Å². The molecule has 0 saturated carbocycles. The van der Waals surface area contributed by atoms with Crippen LogP contribution in [-0.2, 0) is 11.3 Å². The number of thiophene rings is 1. The minimum Gasteiger partial charge on any atom is -0.497 e. The molecule has 0 atom stereocenters. The van der Waals surface area contributed by atoms with E-state index in [2.05, 4.69) is 0 Å². The van der Waals surface area contributed by atoms with Gasteiger partial charge >= 0.3 is 5.97 Å². The Labute approximate surface area is 132 Å². The second kappa shape index (κ2) is 6.23. The summed E-state index contributed by atoms with van der Waals surface area (Å²) < 4.78 is 12.4. The van der Waals surface area contributed by atoms with Crippen LogP contribution in [0.3, 0.4) is 0 Å². The molecule has 3 rings (SSSR count). The van der Waals surface area contributed by atoms with Gasteiger partial charge in [-0.15, -0.1) is 11.3 Å². The zero-order valence-corrected chi connectivity index (χ0v) is 13.4. The maximum absolute atomic E-state index is 12.2. The number of hydrogen-bond donors (Lipinski definition) is 0. The van der Waals surface area contributed by atoms with Gasteiger partial charge in [-0.1, -0.05) is 12.1 Å². The van der Waals surface area contributed by atoms with Crippen LogP contribution in [0.15, 0.2) is 41.8 Å². The molecule has 22 heavy (non-hydrogen) atoms. The van der Waals surface area contributed by atoms with E-state index in [0.717, 1.165) is 21.5 Å². The van der Waals surface area contributed by atoms with Gasteiger partial charge in [-0.05, 0) is 42.1 Å². The molecule has 0 aliphatic rings. The first kappa shape index (κ1) is 14.7. The number of hydrogen-bond acceptors (Lipinski definition) is 4. The Morgan fingerprint density at radius 1 is 1.23 bits per heavy atom. The van der Waals surface area contributed by atoms with Crippen molar-refractivity contribution in [2.75, 3.05) is 13.7 Å². The first-order valence-electron chi connectivity index (χ1n) is 7.09. The van der Waals surface area contributed by atoms with Crippen LogP contribution in [0.2, 0.25) is 0 Å². The average Bonchev–Trinajstić information content (AvgIpc) is 3.11. The number of nitrogens with zero attached hydrogens (tertiary/aromatic N) is 1. The predicted molar refractivity (Wildman–Crippen MR) is 87.9 cm³/mol. The molecule has 1 aromatic carbocycles. The molecule has 0 bridgehead atoms. The van der Waals surface area contributed by atoms with Gasteiger partial charge in [-0.3, -0.25) is 0 Å². The van der Waals surface area contributed by atoms with Crippen molar-refractivity contribution in [2.45, 2.75) is 13.5 Å². The third kappa shape index (κ3) is 2.72. The summed E-state index contributed by atoms with van der Waals surface area (Å²) in [6.07, 6.45) is 0. The lowest BCUT2D eigenvalue weighted by Crippen LogP contribution is -2.12. The summed E-state index contributed by atoms with van der Waals surface area (Å²) in [5.41, 5.74) is 1.71. The van der Waals surface area contributed by atoms with Gasteiger partial charge in [0.05, 0.1) is 13.7 Å². The van der Waals surface area contributed by atoms with E-state index in [1.54, 1.807) is 18.4 Å². The van der Waals surface area contributed by atoms with E-state index >= 15 is 0 Å². The number of rotatable bonds is 5. The van der Waals surface area contributed by atoms with Crippen LogP contribution in [0.1, 0.15) is 23.0 Å². The molecule has 4 nitrogen and oxygen atoms in total. The van der Waals surface area contributed by atoms with E-state index in [1.165, 1.54) is 0 Å². The molecule has 0 N–H and O–H groups in total. The molecule has 0 aliphatic carbocycles. The van der Waals surface area contributed by atoms with E-state index in [4.69, 9.17) is 9.47 Å². The fraction of sp³-hybridized carbons (Fsp3) is 0.235. The highest BCUT2D eigenvalue weighted by molar-refractivity contribution is 7.16. The second-order valence-corrected chi connectivity index (χ2v) is 5.76. The van der Waals surface area contributed by atoms with Crippen LogP contribution < -0.4 is 4.74 Å². The number of ether oxygens (including phenoxy) is 2. The molecule has 114 valence electrons. The third-order valence-corrected chi connectivity index (χ3v) is 4.44. The molecule has 0 radical (unpaired) electrons. The lowest BCUT2D eigenvalue weighted by Gasteiger charge is -2.10. The summed E-state index contributed by atoms with van der Waals surface area (Å²) in [5, 5.41) is 3.10. The third-order valence-electron chi connectivity index (χ3n) is 3.49. The molecule has 5 heteroatoms. The van der Waals surface area contributed by atoms with Gasteiger partial charge < -0.3 is 14.0 Å². The molecule has 3 aromatic rings. The summed E-state index contributed by atoms with van der Waals surface area (Å²) in [6.45, 7) is 2.82. The molecule has 0 fully saturated rings. The van der Waals surface area contributed by atoms with Crippen LogP contribution >= 0.6 is 11.3 Å². The minimum atomic E-state index is -0.278. The maximum Gasteiger partial charge on any atom is 0.355 e. The molecular formula is C17H17NO3S. The summed E-state index contributed by atoms with van der Waals surface area (Å²) in [4.78, 5) is 13.2. The highest BCUT2D eigenvalue weighted by atomic mass is 32.1. The number of methoxy groups -OCH3 is 1. The SMILES string of the molecule is CCOC(=O)c1cc2ccsc2n1Cc1ccc(OC)cc1. The number of esters is 1. The smallest absolute Gasteiger partial charge is 0.355 e. The standard InChI is InChI=1S/C17H17NO3S/c1-3-21-17(19)15-10-13-8-9-22-16(13)18(15)11-12-4-6-14(20-2)7-5-12/h4-10H,3,11H2,1-2H3. The lowest BCUT2D eigenvalue weighted by atomic mass is 10.2. The molecule has 2 heterocycles. The average molecular weight is 315 g/mol. The largest absolute Gasteiger partial charge is 0.497 e. The Kier molecular flexibility index (Phi) is 4.15. The fourth-order valence-electron chi connectivity index (χ4n) is 2.42. The number of carbonyl (C=O) groups is 1. The molecule has 0 amide bonds. The topological polar surface area (TPSA) is 40.5 Å². The van der Waals surface area contributed by atoms with Crippen molar-refractivity contribution in [3.63, 3.8) is 0 Å². The van der Waals surface area contributed by atoms with Gasteiger partial charge in [0.25, 0.3) is 0 Å². The number of carbonyl (C=O) groups excluding carboxylic acids is 1. The Bertz CT molecular complexity index is 786. The zero-order chi connectivity index (χ0) is 15.5. The van der Waals surface area contributed by atoms with Gasteiger partial charge in [-0.2, -0.15) is 0 Å². The number of fused-ring (bicyclic) bond motifs is 1. The first-order valence-corrected chi connectivity index (χ1v) is 7.97. The van der Waals surface area contributed by atoms with E-state index < -0.39 is 0 Å². The summed E-state index contributed by atoms with van der Waals surface area (Å²) in [7, 11) is 1.65. The van der Waals surface area contributed by atoms with Crippen LogP contribution in [-0.4, -0.2) is 24.3 Å². The van der Waals surface area contributed by atoms with E-state index in [1.807, 2.05) is 53.3 Å². The van der Waals surface area contributed by atoms with Crippen LogP contribution in [0, 0.1) is 0 Å². The molecule has 0 spiro atoms. The van der Waals surface area contributed by atoms with Gasteiger partial charge in [0, 0.05) is 11.9 Å². The van der Waals surface area contributed by atoms with Gasteiger partial charge in [0.2, 0.25) is 0 Å². The zero-order valence-electron chi connectivity index (χ0n) is 12.5. The molecule has 0 saturated heterocycles. The van der Waals surface area contributed by atoms with Crippen LogP contribution in [0.4, 0.5) is 0 Å². The van der Waals surface area contributed by atoms with Crippen molar-refractivity contribution in [1.82, 2.24) is 4.57 Å². The van der Waals surface area contributed by atoms with E-state index in [9.17, 15) is 4.79 Å².